The summed E-state index contributed by atoms with van der Waals surface area (Å²) in [6.45, 7) is 2.14. The molecule has 4 heteroatoms. The minimum absolute atomic E-state index is 0.0677. The summed E-state index contributed by atoms with van der Waals surface area (Å²) in [7, 11) is 0. The number of carbonyl (C=O) groups is 1. The van der Waals surface area contributed by atoms with Gasteiger partial charge in [0.25, 0.3) is 0 Å². The molecule has 0 bridgehead atoms. The Kier molecular flexibility index (Phi) is 4.36. The Morgan fingerprint density at radius 1 is 1.14 bits per heavy atom. The molecule has 0 aliphatic carbocycles. The number of thioether (sulfide) groups is 1. The topological polar surface area (TPSA) is 20.3 Å². The monoisotopic (exact) mass is 361 g/mol. The van der Waals surface area contributed by atoms with Gasteiger partial charge in [0.15, 0.2) is 0 Å². The zero-order valence-corrected chi connectivity index (χ0v) is 14.2. The van der Waals surface area contributed by atoms with E-state index in [0.29, 0.717) is 5.75 Å². The van der Waals surface area contributed by atoms with Crippen LogP contribution in [-0.2, 0) is 11.2 Å². The molecule has 0 spiro atoms. The van der Waals surface area contributed by atoms with Gasteiger partial charge in [-0.05, 0) is 41.8 Å². The Balaban J connectivity index is 1.93. The fraction of sp³-hybridized carbons (Fsp3) is 0.235. The van der Waals surface area contributed by atoms with E-state index < -0.39 is 0 Å². The lowest BCUT2D eigenvalue weighted by Crippen LogP contribution is -2.27. The normalized spacial score (nSPS) is 18.3. The maximum absolute atomic E-state index is 12.3. The molecule has 1 saturated heterocycles. The van der Waals surface area contributed by atoms with Gasteiger partial charge in [-0.25, -0.2) is 0 Å². The average molecular weight is 362 g/mol. The predicted molar refractivity (Wildman–Crippen MR) is 92.6 cm³/mol. The minimum atomic E-state index is 0.0677. The third-order valence-electron chi connectivity index (χ3n) is 3.65. The van der Waals surface area contributed by atoms with Crippen molar-refractivity contribution in [2.24, 2.45) is 0 Å². The van der Waals surface area contributed by atoms with Gasteiger partial charge < -0.3 is 0 Å². The van der Waals surface area contributed by atoms with Crippen LogP contribution in [0.2, 0.25) is 0 Å². The smallest absolute Gasteiger partial charge is 0.238 e. The van der Waals surface area contributed by atoms with Crippen LogP contribution in [0.25, 0.3) is 0 Å². The van der Waals surface area contributed by atoms with Gasteiger partial charge in [-0.2, -0.15) is 0 Å². The highest BCUT2D eigenvalue weighted by Crippen LogP contribution is 2.41. The van der Waals surface area contributed by atoms with Crippen molar-refractivity contribution in [2.45, 2.75) is 18.7 Å². The van der Waals surface area contributed by atoms with Crippen LogP contribution in [-0.4, -0.2) is 11.7 Å². The van der Waals surface area contributed by atoms with E-state index in [1.54, 1.807) is 11.8 Å². The van der Waals surface area contributed by atoms with Crippen molar-refractivity contribution in [3.05, 3.63) is 64.1 Å². The van der Waals surface area contributed by atoms with Crippen LogP contribution in [0, 0.1) is 0 Å². The van der Waals surface area contributed by atoms with E-state index in [-0.39, 0.29) is 11.3 Å². The summed E-state index contributed by atoms with van der Waals surface area (Å²) in [4.78, 5) is 14.2. The van der Waals surface area contributed by atoms with E-state index >= 15 is 0 Å². The molecule has 0 unspecified atom stereocenters. The lowest BCUT2D eigenvalue weighted by molar-refractivity contribution is -0.115. The van der Waals surface area contributed by atoms with Crippen molar-refractivity contribution >= 4 is 39.3 Å². The molecule has 1 aliphatic rings. The van der Waals surface area contributed by atoms with E-state index in [1.807, 2.05) is 17.0 Å². The molecule has 1 aliphatic heterocycles. The van der Waals surface area contributed by atoms with Crippen LogP contribution < -0.4 is 4.90 Å². The van der Waals surface area contributed by atoms with Crippen LogP contribution in [0.1, 0.15) is 23.4 Å². The van der Waals surface area contributed by atoms with Crippen LogP contribution in [0.15, 0.2) is 53.0 Å². The molecule has 1 atom stereocenters. The fourth-order valence-corrected chi connectivity index (χ4v) is 3.91. The molecule has 0 saturated carbocycles. The van der Waals surface area contributed by atoms with Gasteiger partial charge in [-0.15, -0.1) is 11.8 Å². The lowest BCUT2D eigenvalue weighted by Gasteiger charge is -2.24. The molecule has 0 radical (unpaired) electrons. The predicted octanol–water partition coefficient (Wildman–Crippen LogP) is 4.79. The average Bonchev–Trinajstić information content (AvgIpc) is 2.90. The first-order valence-corrected chi connectivity index (χ1v) is 8.81. The van der Waals surface area contributed by atoms with E-state index in [2.05, 4.69) is 59.3 Å². The van der Waals surface area contributed by atoms with Crippen LogP contribution in [0.4, 0.5) is 5.69 Å². The summed E-state index contributed by atoms with van der Waals surface area (Å²) in [5.41, 5.74) is 3.43. The number of nitrogens with zero attached hydrogens (tertiary/aromatic N) is 1. The van der Waals surface area contributed by atoms with Crippen LogP contribution in [0.3, 0.4) is 0 Å². The first-order chi connectivity index (χ1) is 10.2. The number of aryl methyl sites for hydroxylation is 1. The van der Waals surface area contributed by atoms with Crippen molar-refractivity contribution in [3.8, 4) is 0 Å². The second kappa shape index (κ2) is 6.24. The lowest BCUT2D eigenvalue weighted by atomic mass is 10.1. The van der Waals surface area contributed by atoms with Gasteiger partial charge in [0.05, 0.1) is 5.75 Å². The van der Waals surface area contributed by atoms with E-state index in [4.69, 9.17) is 0 Å². The quantitative estimate of drug-likeness (QED) is 0.783. The summed E-state index contributed by atoms with van der Waals surface area (Å²) in [5, 5.41) is 0.0677. The molecule has 0 N–H and O–H groups in total. The van der Waals surface area contributed by atoms with Gasteiger partial charge in [-0.3, -0.25) is 9.69 Å². The Bertz CT molecular complexity index is 639. The zero-order valence-electron chi connectivity index (χ0n) is 11.8. The summed E-state index contributed by atoms with van der Waals surface area (Å²) >= 11 is 5.14. The summed E-state index contributed by atoms with van der Waals surface area (Å²) in [5.74, 6) is 0.716. The number of hydrogen-bond donors (Lipinski definition) is 0. The van der Waals surface area contributed by atoms with Crippen molar-refractivity contribution in [1.82, 2.24) is 0 Å². The molecule has 2 aromatic carbocycles. The number of halogens is 1. The Hall–Kier alpha value is -1.26. The molecule has 108 valence electrons. The highest BCUT2D eigenvalue weighted by molar-refractivity contribution is 9.10. The highest BCUT2D eigenvalue weighted by Gasteiger charge is 2.33. The molecule has 1 heterocycles. The SMILES string of the molecule is CCc1ccc(N2C(=O)CS[C@@H]2c2ccc(Br)cc2)cc1. The number of benzene rings is 2. The Morgan fingerprint density at radius 2 is 1.81 bits per heavy atom. The number of hydrogen-bond acceptors (Lipinski definition) is 2. The molecule has 3 rings (SSSR count). The van der Waals surface area contributed by atoms with Gasteiger partial charge in [0, 0.05) is 10.2 Å². The molecule has 1 amide bonds. The number of carbonyl (C=O) groups excluding carboxylic acids is 1. The van der Waals surface area contributed by atoms with Gasteiger partial charge in [0.2, 0.25) is 5.91 Å². The second-order valence-electron chi connectivity index (χ2n) is 5.00. The number of anilines is 1. The first kappa shape index (κ1) is 14.7. The van der Waals surface area contributed by atoms with Gasteiger partial charge in [0.1, 0.15) is 5.37 Å². The number of amides is 1. The third-order valence-corrected chi connectivity index (χ3v) is 5.39. The maximum Gasteiger partial charge on any atom is 0.238 e. The molecular formula is C17H16BrNOS. The molecular weight excluding hydrogens is 346 g/mol. The number of rotatable bonds is 3. The van der Waals surface area contributed by atoms with Crippen molar-refractivity contribution in [1.29, 1.82) is 0 Å². The van der Waals surface area contributed by atoms with Gasteiger partial charge >= 0.3 is 0 Å². The highest BCUT2D eigenvalue weighted by atomic mass is 79.9. The van der Waals surface area contributed by atoms with Crippen LogP contribution >= 0.6 is 27.7 Å². The molecule has 2 aromatic rings. The maximum atomic E-state index is 12.3. The summed E-state index contributed by atoms with van der Waals surface area (Å²) in [6.07, 6.45) is 1.01. The summed E-state index contributed by atoms with van der Waals surface area (Å²) < 4.78 is 1.06. The standard InChI is InChI=1S/C17H16BrNOS/c1-2-12-3-9-15(10-4-12)19-16(20)11-21-17(19)13-5-7-14(18)8-6-13/h3-10,17H,2,11H2,1H3/t17-/m1/s1. The molecule has 1 fully saturated rings. The molecule has 0 aromatic heterocycles. The van der Waals surface area contributed by atoms with Crippen molar-refractivity contribution in [3.63, 3.8) is 0 Å². The van der Waals surface area contributed by atoms with Crippen molar-refractivity contribution < 1.29 is 4.79 Å². The zero-order chi connectivity index (χ0) is 14.8. The third kappa shape index (κ3) is 3.01. The summed E-state index contributed by atoms with van der Waals surface area (Å²) in [6, 6.07) is 16.5. The van der Waals surface area contributed by atoms with E-state index in [1.165, 1.54) is 5.56 Å². The van der Waals surface area contributed by atoms with Crippen LogP contribution in [0.5, 0.6) is 0 Å². The minimum Gasteiger partial charge on any atom is -0.295 e. The Labute approximate surface area is 137 Å². The largest absolute Gasteiger partial charge is 0.295 e. The fourth-order valence-electron chi connectivity index (χ4n) is 2.47. The molecule has 2 nitrogen and oxygen atoms in total. The molecule has 21 heavy (non-hydrogen) atoms. The van der Waals surface area contributed by atoms with Crippen molar-refractivity contribution in [2.75, 3.05) is 10.7 Å². The van der Waals surface area contributed by atoms with Gasteiger partial charge in [-0.1, -0.05) is 47.1 Å². The second-order valence-corrected chi connectivity index (χ2v) is 6.98. The van der Waals surface area contributed by atoms with E-state index in [0.717, 1.165) is 22.1 Å². The van der Waals surface area contributed by atoms with E-state index in [9.17, 15) is 4.79 Å². The first-order valence-electron chi connectivity index (χ1n) is 6.97. The Morgan fingerprint density at radius 3 is 2.43 bits per heavy atom.